The number of epoxide rings is 1. The van der Waals surface area contributed by atoms with Gasteiger partial charge in [-0.25, -0.2) is 0 Å². The number of allylic oxidation sites excluding steroid dienone is 1. The topological polar surface area (TPSA) is 21.8 Å². The first kappa shape index (κ1) is 13.9. The molecule has 1 fully saturated rings. The summed E-state index contributed by atoms with van der Waals surface area (Å²) in [5.41, 5.74) is 3.86. The predicted molar refractivity (Wildman–Crippen MR) is 85.6 cm³/mol. The summed E-state index contributed by atoms with van der Waals surface area (Å²) in [5.74, 6) is 0.915. The summed E-state index contributed by atoms with van der Waals surface area (Å²) in [6.07, 6.45) is 5.42. The van der Waals surface area contributed by atoms with Gasteiger partial charge in [0.2, 0.25) is 0 Å². The molecule has 0 aliphatic carbocycles. The minimum absolute atomic E-state index is 0.306. The van der Waals surface area contributed by atoms with Crippen molar-refractivity contribution in [2.75, 3.05) is 13.2 Å². The van der Waals surface area contributed by atoms with Crippen molar-refractivity contribution in [2.24, 2.45) is 0 Å². The number of hydrogen-bond acceptors (Lipinski definition) is 2. The number of benzene rings is 2. The molecule has 0 saturated carbocycles. The molecule has 3 rings (SSSR count). The molecule has 21 heavy (non-hydrogen) atoms. The summed E-state index contributed by atoms with van der Waals surface area (Å²) < 4.78 is 10.8. The van der Waals surface area contributed by atoms with Gasteiger partial charge >= 0.3 is 0 Å². The normalized spacial score (nSPS) is 17.1. The summed E-state index contributed by atoms with van der Waals surface area (Å²) in [6.45, 7) is 3.53. The van der Waals surface area contributed by atoms with E-state index in [1.807, 2.05) is 19.1 Å². The first-order valence-electron chi connectivity index (χ1n) is 7.38. The fourth-order valence-corrected chi connectivity index (χ4v) is 2.23. The second-order valence-electron chi connectivity index (χ2n) is 5.33. The second-order valence-corrected chi connectivity index (χ2v) is 5.33. The zero-order chi connectivity index (χ0) is 14.5. The zero-order valence-electron chi connectivity index (χ0n) is 12.3. The molecule has 1 aliphatic rings. The Bertz CT molecular complexity index is 592. The van der Waals surface area contributed by atoms with E-state index in [0.29, 0.717) is 12.7 Å². The van der Waals surface area contributed by atoms with Crippen LogP contribution in [0.1, 0.15) is 23.6 Å². The maximum atomic E-state index is 5.65. The first-order valence-corrected chi connectivity index (χ1v) is 7.38. The molecular formula is C19H20O2. The molecule has 0 N–H and O–H groups in total. The van der Waals surface area contributed by atoms with Gasteiger partial charge in [-0.2, -0.15) is 0 Å². The molecular weight excluding hydrogens is 260 g/mol. The molecule has 1 saturated heterocycles. The van der Waals surface area contributed by atoms with Crippen molar-refractivity contribution in [3.63, 3.8) is 0 Å². The third-order valence-corrected chi connectivity index (χ3v) is 3.51. The Hall–Kier alpha value is -2.06. The molecule has 0 radical (unpaired) electrons. The van der Waals surface area contributed by atoms with E-state index >= 15 is 0 Å². The second kappa shape index (κ2) is 6.59. The van der Waals surface area contributed by atoms with E-state index in [1.54, 1.807) is 0 Å². The third kappa shape index (κ3) is 4.20. The van der Waals surface area contributed by atoms with E-state index in [4.69, 9.17) is 9.47 Å². The predicted octanol–water partition coefficient (Wildman–Crippen LogP) is 4.09. The Morgan fingerprint density at radius 1 is 1.05 bits per heavy atom. The Labute approximate surface area is 126 Å². The van der Waals surface area contributed by atoms with Crippen molar-refractivity contribution in [1.29, 1.82) is 0 Å². The number of hydrogen-bond donors (Lipinski definition) is 0. The van der Waals surface area contributed by atoms with Crippen molar-refractivity contribution in [2.45, 2.75) is 19.4 Å². The monoisotopic (exact) mass is 280 g/mol. The molecule has 2 heteroatoms. The third-order valence-electron chi connectivity index (χ3n) is 3.51. The first-order chi connectivity index (χ1) is 10.3. The smallest absolute Gasteiger partial charge is 0.119 e. The largest absolute Gasteiger partial charge is 0.491 e. The van der Waals surface area contributed by atoms with Gasteiger partial charge in [-0.05, 0) is 42.2 Å². The van der Waals surface area contributed by atoms with E-state index in [1.165, 1.54) is 16.7 Å². The van der Waals surface area contributed by atoms with Crippen LogP contribution in [0.25, 0.3) is 6.08 Å². The van der Waals surface area contributed by atoms with Crippen LogP contribution in [0.3, 0.4) is 0 Å². The molecule has 0 amide bonds. The average Bonchev–Trinajstić information content (AvgIpc) is 3.33. The van der Waals surface area contributed by atoms with Crippen LogP contribution in [-0.4, -0.2) is 19.3 Å². The van der Waals surface area contributed by atoms with Crippen molar-refractivity contribution >= 4 is 6.08 Å². The summed E-state index contributed by atoms with van der Waals surface area (Å²) in [7, 11) is 0. The summed E-state index contributed by atoms with van der Waals surface area (Å²) >= 11 is 0. The molecule has 2 aromatic rings. The van der Waals surface area contributed by atoms with Crippen LogP contribution in [0.2, 0.25) is 0 Å². The van der Waals surface area contributed by atoms with Gasteiger partial charge in [0.25, 0.3) is 0 Å². The lowest BCUT2D eigenvalue weighted by Gasteiger charge is -2.06. The lowest BCUT2D eigenvalue weighted by molar-refractivity contribution is 0.263. The van der Waals surface area contributed by atoms with Gasteiger partial charge < -0.3 is 9.47 Å². The lowest BCUT2D eigenvalue weighted by Crippen LogP contribution is -2.03. The molecule has 2 aromatic carbocycles. The quantitative estimate of drug-likeness (QED) is 0.743. The molecule has 1 unspecified atom stereocenters. The minimum atomic E-state index is 0.306. The van der Waals surface area contributed by atoms with Crippen LogP contribution in [0, 0.1) is 0 Å². The number of ether oxygens (including phenoxy) is 2. The van der Waals surface area contributed by atoms with Crippen LogP contribution in [-0.2, 0) is 11.2 Å². The zero-order valence-corrected chi connectivity index (χ0v) is 12.3. The van der Waals surface area contributed by atoms with Gasteiger partial charge in [0.15, 0.2) is 0 Å². The molecule has 0 spiro atoms. The van der Waals surface area contributed by atoms with Crippen molar-refractivity contribution in [1.82, 2.24) is 0 Å². The Morgan fingerprint density at radius 2 is 1.67 bits per heavy atom. The van der Waals surface area contributed by atoms with Gasteiger partial charge in [0.1, 0.15) is 18.5 Å². The van der Waals surface area contributed by atoms with E-state index in [9.17, 15) is 0 Å². The van der Waals surface area contributed by atoms with Gasteiger partial charge in [0, 0.05) is 0 Å². The SMILES string of the molecule is C/C=C/c1ccc(Cc2ccc(OCC3CO3)cc2)cc1. The molecule has 2 nitrogen and oxygen atoms in total. The van der Waals surface area contributed by atoms with Crippen molar-refractivity contribution in [3.05, 3.63) is 71.3 Å². The lowest BCUT2D eigenvalue weighted by atomic mass is 10.0. The maximum absolute atomic E-state index is 5.65. The van der Waals surface area contributed by atoms with Crippen LogP contribution in [0.4, 0.5) is 0 Å². The van der Waals surface area contributed by atoms with Gasteiger partial charge in [-0.15, -0.1) is 0 Å². The molecule has 0 aromatic heterocycles. The summed E-state index contributed by atoms with van der Waals surface area (Å²) in [5, 5.41) is 0. The Morgan fingerprint density at radius 3 is 2.24 bits per heavy atom. The van der Waals surface area contributed by atoms with Gasteiger partial charge in [-0.3, -0.25) is 0 Å². The molecule has 1 heterocycles. The van der Waals surface area contributed by atoms with Gasteiger partial charge in [-0.1, -0.05) is 48.6 Å². The standard InChI is InChI=1S/C19H20O2/c1-2-3-15-4-6-16(7-5-15)12-17-8-10-18(11-9-17)20-13-19-14-21-19/h2-11,19H,12-14H2,1H3/b3-2+. The highest BCUT2D eigenvalue weighted by molar-refractivity contribution is 5.49. The van der Waals surface area contributed by atoms with Crippen LogP contribution in [0.15, 0.2) is 54.6 Å². The molecule has 1 aliphatic heterocycles. The van der Waals surface area contributed by atoms with Crippen LogP contribution < -0.4 is 4.74 Å². The highest BCUT2D eigenvalue weighted by Crippen LogP contribution is 2.18. The highest BCUT2D eigenvalue weighted by atomic mass is 16.6. The minimum Gasteiger partial charge on any atom is -0.491 e. The summed E-state index contributed by atoms with van der Waals surface area (Å²) in [4.78, 5) is 0. The summed E-state index contributed by atoms with van der Waals surface area (Å²) in [6, 6.07) is 17.0. The molecule has 108 valence electrons. The van der Waals surface area contributed by atoms with E-state index in [2.05, 4.69) is 48.6 Å². The Balaban J connectivity index is 1.58. The van der Waals surface area contributed by atoms with E-state index in [0.717, 1.165) is 18.8 Å². The average molecular weight is 280 g/mol. The molecule has 1 atom stereocenters. The van der Waals surface area contributed by atoms with Crippen molar-refractivity contribution < 1.29 is 9.47 Å². The van der Waals surface area contributed by atoms with Gasteiger partial charge in [0.05, 0.1) is 6.61 Å². The van der Waals surface area contributed by atoms with Crippen LogP contribution in [0.5, 0.6) is 5.75 Å². The fourth-order valence-electron chi connectivity index (χ4n) is 2.23. The van der Waals surface area contributed by atoms with E-state index < -0.39 is 0 Å². The van der Waals surface area contributed by atoms with E-state index in [-0.39, 0.29) is 0 Å². The maximum Gasteiger partial charge on any atom is 0.119 e. The molecule has 0 bridgehead atoms. The van der Waals surface area contributed by atoms with Crippen molar-refractivity contribution in [3.8, 4) is 5.75 Å². The Kier molecular flexibility index (Phi) is 4.37. The van der Waals surface area contributed by atoms with Crippen LogP contribution >= 0.6 is 0 Å². The number of rotatable bonds is 6. The highest BCUT2D eigenvalue weighted by Gasteiger charge is 2.22. The fraction of sp³-hybridized carbons (Fsp3) is 0.263.